The van der Waals surface area contributed by atoms with Crippen LogP contribution in [0.4, 0.5) is 0 Å². The molecule has 0 bridgehead atoms. The molecule has 1 amide bonds. The summed E-state index contributed by atoms with van der Waals surface area (Å²) in [5, 5.41) is 2.86. The highest BCUT2D eigenvalue weighted by atomic mass is 16.5. The summed E-state index contributed by atoms with van der Waals surface area (Å²) in [6.45, 7) is 3.01. The van der Waals surface area contributed by atoms with Gasteiger partial charge in [-0.2, -0.15) is 0 Å². The van der Waals surface area contributed by atoms with Gasteiger partial charge in [0.2, 0.25) is 5.91 Å². The number of amides is 1. The number of rotatable bonds is 6. The highest BCUT2D eigenvalue weighted by Crippen LogP contribution is 2.07. The second-order valence-electron chi connectivity index (χ2n) is 4.68. The van der Waals surface area contributed by atoms with Crippen LogP contribution >= 0.6 is 0 Å². The first-order valence-corrected chi connectivity index (χ1v) is 6.74. The molecule has 3 nitrogen and oxygen atoms in total. The fraction of sp³-hybridized carbons (Fsp3) is 0.235. The maximum Gasteiger partial charge on any atom is 0.224 e. The van der Waals surface area contributed by atoms with E-state index in [4.69, 9.17) is 4.74 Å². The summed E-state index contributed by atoms with van der Waals surface area (Å²) >= 11 is 0. The van der Waals surface area contributed by atoms with E-state index in [1.54, 1.807) is 0 Å². The Hall–Kier alpha value is -2.29. The monoisotopic (exact) mass is 269 g/mol. The molecule has 2 aromatic rings. The molecule has 2 rings (SSSR count). The maximum atomic E-state index is 11.8. The zero-order chi connectivity index (χ0) is 14.2. The van der Waals surface area contributed by atoms with E-state index in [-0.39, 0.29) is 5.91 Å². The zero-order valence-corrected chi connectivity index (χ0v) is 11.6. The summed E-state index contributed by atoms with van der Waals surface area (Å²) in [6, 6.07) is 17.6. The van der Waals surface area contributed by atoms with Gasteiger partial charge < -0.3 is 10.1 Å². The lowest BCUT2D eigenvalue weighted by atomic mass is 10.1. The molecule has 20 heavy (non-hydrogen) atoms. The molecule has 1 N–H and O–H groups in total. The van der Waals surface area contributed by atoms with Gasteiger partial charge in [0.1, 0.15) is 12.4 Å². The minimum Gasteiger partial charge on any atom is -0.492 e. The maximum absolute atomic E-state index is 11.8. The summed E-state index contributed by atoms with van der Waals surface area (Å²) < 4.78 is 5.51. The largest absolute Gasteiger partial charge is 0.492 e. The van der Waals surface area contributed by atoms with Crippen molar-refractivity contribution in [2.24, 2.45) is 0 Å². The molecular formula is C17H19NO2. The molecule has 0 saturated heterocycles. The van der Waals surface area contributed by atoms with Crippen molar-refractivity contribution in [1.82, 2.24) is 5.32 Å². The number of nitrogens with one attached hydrogen (secondary N) is 1. The van der Waals surface area contributed by atoms with Crippen LogP contribution in [0, 0.1) is 6.92 Å². The van der Waals surface area contributed by atoms with E-state index in [0.717, 1.165) is 11.3 Å². The molecule has 0 heterocycles. The third-order valence-electron chi connectivity index (χ3n) is 2.88. The Morgan fingerprint density at radius 1 is 1.10 bits per heavy atom. The van der Waals surface area contributed by atoms with Crippen LogP contribution in [0.2, 0.25) is 0 Å². The van der Waals surface area contributed by atoms with Crippen LogP contribution in [0.3, 0.4) is 0 Å². The third-order valence-corrected chi connectivity index (χ3v) is 2.88. The molecule has 0 fully saturated rings. The molecular weight excluding hydrogens is 250 g/mol. The standard InChI is InChI=1S/C17H19NO2/c1-14-6-5-7-15(12-14)13-17(19)18-10-11-20-16-8-3-2-4-9-16/h2-9,12H,10-11,13H2,1H3,(H,18,19). The van der Waals surface area contributed by atoms with Crippen LogP contribution in [-0.2, 0) is 11.2 Å². The Bertz CT molecular complexity index is 552. The minimum absolute atomic E-state index is 0.0206. The number of hydrogen-bond acceptors (Lipinski definition) is 2. The molecule has 0 spiro atoms. The van der Waals surface area contributed by atoms with Crippen molar-refractivity contribution in [3.8, 4) is 5.75 Å². The van der Waals surface area contributed by atoms with Crippen molar-refractivity contribution >= 4 is 5.91 Å². The summed E-state index contributed by atoms with van der Waals surface area (Å²) in [4.78, 5) is 11.8. The fourth-order valence-electron chi connectivity index (χ4n) is 1.95. The second-order valence-corrected chi connectivity index (χ2v) is 4.68. The SMILES string of the molecule is Cc1cccc(CC(=O)NCCOc2ccccc2)c1. The molecule has 0 aromatic heterocycles. The highest BCUT2D eigenvalue weighted by Gasteiger charge is 2.02. The predicted molar refractivity (Wildman–Crippen MR) is 79.8 cm³/mol. The molecule has 3 heteroatoms. The molecule has 104 valence electrons. The smallest absolute Gasteiger partial charge is 0.224 e. The number of benzene rings is 2. The first kappa shape index (κ1) is 14.1. The minimum atomic E-state index is 0.0206. The van der Waals surface area contributed by atoms with Gasteiger partial charge in [-0.05, 0) is 24.6 Å². The normalized spacial score (nSPS) is 10.1. The number of ether oxygens (including phenoxy) is 1. The lowest BCUT2D eigenvalue weighted by molar-refractivity contribution is -0.120. The molecule has 0 aliphatic rings. The molecule has 2 aromatic carbocycles. The van der Waals surface area contributed by atoms with Crippen LogP contribution in [0.5, 0.6) is 5.75 Å². The molecule has 0 aliphatic carbocycles. The lowest BCUT2D eigenvalue weighted by Gasteiger charge is -2.08. The first-order valence-electron chi connectivity index (χ1n) is 6.74. The summed E-state index contributed by atoms with van der Waals surface area (Å²) in [6.07, 6.45) is 0.410. The van der Waals surface area contributed by atoms with Crippen LogP contribution in [0.1, 0.15) is 11.1 Å². The van der Waals surface area contributed by atoms with Gasteiger partial charge in [0, 0.05) is 0 Å². The molecule has 0 radical (unpaired) electrons. The van der Waals surface area contributed by atoms with E-state index in [1.807, 2.05) is 61.5 Å². The van der Waals surface area contributed by atoms with E-state index in [1.165, 1.54) is 5.56 Å². The highest BCUT2D eigenvalue weighted by molar-refractivity contribution is 5.78. The number of carbonyl (C=O) groups excluding carboxylic acids is 1. The molecule has 0 atom stereocenters. The van der Waals surface area contributed by atoms with Gasteiger partial charge in [-0.15, -0.1) is 0 Å². The van der Waals surface area contributed by atoms with Gasteiger partial charge >= 0.3 is 0 Å². The van der Waals surface area contributed by atoms with E-state index in [0.29, 0.717) is 19.6 Å². The van der Waals surface area contributed by atoms with Crippen molar-refractivity contribution < 1.29 is 9.53 Å². The summed E-state index contributed by atoms with van der Waals surface area (Å²) in [7, 11) is 0. The Labute approximate surface area is 119 Å². The van der Waals surface area contributed by atoms with Crippen LogP contribution < -0.4 is 10.1 Å². The average molecular weight is 269 g/mol. The van der Waals surface area contributed by atoms with Gasteiger partial charge in [0.05, 0.1) is 13.0 Å². The second kappa shape index (κ2) is 7.34. The molecule has 0 saturated carbocycles. The topological polar surface area (TPSA) is 38.3 Å². The Balaban J connectivity index is 1.68. The summed E-state index contributed by atoms with van der Waals surface area (Å²) in [5.41, 5.74) is 2.20. The van der Waals surface area contributed by atoms with Crippen molar-refractivity contribution in [1.29, 1.82) is 0 Å². The van der Waals surface area contributed by atoms with Gasteiger partial charge in [-0.3, -0.25) is 4.79 Å². The Kier molecular flexibility index (Phi) is 5.18. The fourth-order valence-corrected chi connectivity index (χ4v) is 1.95. The van der Waals surface area contributed by atoms with Crippen LogP contribution in [0.15, 0.2) is 54.6 Å². The Morgan fingerprint density at radius 2 is 1.90 bits per heavy atom. The Morgan fingerprint density at radius 3 is 2.65 bits per heavy atom. The van der Waals surface area contributed by atoms with Gasteiger partial charge in [-0.25, -0.2) is 0 Å². The zero-order valence-electron chi connectivity index (χ0n) is 11.6. The van der Waals surface area contributed by atoms with Crippen molar-refractivity contribution in [2.45, 2.75) is 13.3 Å². The average Bonchev–Trinajstić information content (AvgIpc) is 2.45. The lowest BCUT2D eigenvalue weighted by Crippen LogP contribution is -2.29. The number of para-hydroxylation sites is 1. The van der Waals surface area contributed by atoms with Crippen molar-refractivity contribution in [3.63, 3.8) is 0 Å². The van der Waals surface area contributed by atoms with E-state index < -0.39 is 0 Å². The van der Waals surface area contributed by atoms with Crippen LogP contribution in [-0.4, -0.2) is 19.1 Å². The summed E-state index contributed by atoms with van der Waals surface area (Å²) in [5.74, 6) is 0.840. The first-order chi connectivity index (χ1) is 9.74. The number of carbonyl (C=O) groups is 1. The number of aryl methyl sites for hydroxylation is 1. The molecule has 0 unspecified atom stereocenters. The van der Waals surface area contributed by atoms with Crippen molar-refractivity contribution in [2.75, 3.05) is 13.2 Å². The van der Waals surface area contributed by atoms with E-state index in [9.17, 15) is 4.79 Å². The van der Waals surface area contributed by atoms with Crippen LogP contribution in [0.25, 0.3) is 0 Å². The van der Waals surface area contributed by atoms with E-state index >= 15 is 0 Å². The van der Waals surface area contributed by atoms with Gasteiger partial charge in [0.25, 0.3) is 0 Å². The van der Waals surface area contributed by atoms with Crippen molar-refractivity contribution in [3.05, 3.63) is 65.7 Å². The quantitative estimate of drug-likeness (QED) is 0.819. The van der Waals surface area contributed by atoms with Gasteiger partial charge in [-0.1, -0.05) is 48.0 Å². The third kappa shape index (κ3) is 4.76. The number of hydrogen-bond donors (Lipinski definition) is 1. The van der Waals surface area contributed by atoms with Gasteiger partial charge in [0.15, 0.2) is 0 Å². The molecule has 0 aliphatic heterocycles. The predicted octanol–water partition coefficient (Wildman–Crippen LogP) is 2.73. The van der Waals surface area contributed by atoms with E-state index in [2.05, 4.69) is 5.32 Å².